The predicted octanol–water partition coefficient (Wildman–Crippen LogP) is 2.65. The standard InChI is InChI=1S/C11H18F3NO/c1-9(7-15-10-3-4-10)8-16-6-2-5-11(12,13)14/h10,15H,1-8H2. The highest BCUT2D eigenvalue weighted by Crippen LogP contribution is 2.21. The Balaban J connectivity index is 1.87. The van der Waals surface area contributed by atoms with Crippen molar-refractivity contribution in [1.82, 2.24) is 5.32 Å². The molecule has 0 saturated heterocycles. The summed E-state index contributed by atoms with van der Waals surface area (Å²) >= 11 is 0. The minimum absolute atomic E-state index is 0.0207. The van der Waals surface area contributed by atoms with Crippen molar-refractivity contribution in [3.05, 3.63) is 12.2 Å². The molecule has 0 radical (unpaired) electrons. The van der Waals surface area contributed by atoms with E-state index < -0.39 is 12.6 Å². The molecule has 1 aliphatic carbocycles. The summed E-state index contributed by atoms with van der Waals surface area (Å²) in [7, 11) is 0. The molecule has 5 heteroatoms. The Bertz CT molecular complexity index is 224. The Morgan fingerprint density at radius 2 is 2.06 bits per heavy atom. The lowest BCUT2D eigenvalue weighted by Crippen LogP contribution is -2.21. The molecule has 0 aromatic heterocycles. The molecule has 0 aromatic carbocycles. The summed E-state index contributed by atoms with van der Waals surface area (Å²) in [4.78, 5) is 0. The van der Waals surface area contributed by atoms with Gasteiger partial charge in [0.15, 0.2) is 0 Å². The van der Waals surface area contributed by atoms with E-state index in [2.05, 4.69) is 11.9 Å². The highest BCUT2D eigenvalue weighted by molar-refractivity contribution is 4.99. The summed E-state index contributed by atoms with van der Waals surface area (Å²) in [5.41, 5.74) is 0.888. The number of alkyl halides is 3. The third kappa shape index (κ3) is 7.70. The van der Waals surface area contributed by atoms with Gasteiger partial charge in [-0.05, 0) is 24.8 Å². The van der Waals surface area contributed by atoms with Crippen molar-refractivity contribution >= 4 is 0 Å². The van der Waals surface area contributed by atoms with Crippen molar-refractivity contribution in [1.29, 1.82) is 0 Å². The highest BCUT2D eigenvalue weighted by atomic mass is 19.4. The Hall–Kier alpha value is -0.550. The fourth-order valence-corrected chi connectivity index (χ4v) is 1.22. The second kappa shape index (κ2) is 6.25. The first-order valence-electron chi connectivity index (χ1n) is 5.52. The summed E-state index contributed by atoms with van der Waals surface area (Å²) in [6.07, 6.45) is -2.42. The second-order valence-electron chi connectivity index (χ2n) is 4.18. The average Bonchev–Trinajstić information content (AvgIpc) is 2.95. The van der Waals surface area contributed by atoms with Crippen LogP contribution in [0.25, 0.3) is 0 Å². The van der Waals surface area contributed by atoms with Gasteiger partial charge in [0.25, 0.3) is 0 Å². The van der Waals surface area contributed by atoms with E-state index in [1.165, 1.54) is 12.8 Å². The zero-order valence-corrected chi connectivity index (χ0v) is 9.28. The third-order valence-electron chi connectivity index (χ3n) is 2.27. The van der Waals surface area contributed by atoms with Crippen molar-refractivity contribution in [2.24, 2.45) is 0 Å². The molecule has 0 aromatic rings. The Morgan fingerprint density at radius 1 is 1.38 bits per heavy atom. The minimum Gasteiger partial charge on any atom is -0.377 e. The van der Waals surface area contributed by atoms with Crippen LogP contribution in [0.3, 0.4) is 0 Å². The lowest BCUT2D eigenvalue weighted by Gasteiger charge is -2.09. The van der Waals surface area contributed by atoms with Gasteiger partial charge in [-0.2, -0.15) is 13.2 Å². The summed E-state index contributed by atoms with van der Waals surface area (Å²) in [6, 6.07) is 0.613. The van der Waals surface area contributed by atoms with Gasteiger partial charge in [-0.1, -0.05) is 6.58 Å². The van der Waals surface area contributed by atoms with Gasteiger partial charge < -0.3 is 10.1 Å². The molecular weight excluding hydrogens is 219 g/mol. The van der Waals surface area contributed by atoms with Crippen LogP contribution >= 0.6 is 0 Å². The quantitative estimate of drug-likeness (QED) is 0.517. The Labute approximate surface area is 93.9 Å². The van der Waals surface area contributed by atoms with E-state index in [9.17, 15) is 13.2 Å². The van der Waals surface area contributed by atoms with Gasteiger partial charge in [0.2, 0.25) is 0 Å². The van der Waals surface area contributed by atoms with Gasteiger partial charge >= 0.3 is 6.18 Å². The van der Waals surface area contributed by atoms with Gasteiger partial charge in [0.05, 0.1) is 6.61 Å². The van der Waals surface area contributed by atoms with Crippen LogP contribution < -0.4 is 5.32 Å². The summed E-state index contributed by atoms with van der Waals surface area (Å²) in [6.45, 7) is 4.98. The molecule has 94 valence electrons. The molecule has 16 heavy (non-hydrogen) atoms. The van der Waals surface area contributed by atoms with Gasteiger partial charge in [-0.3, -0.25) is 0 Å². The van der Waals surface area contributed by atoms with Crippen LogP contribution in [0.2, 0.25) is 0 Å². The van der Waals surface area contributed by atoms with Crippen LogP contribution in [0, 0.1) is 0 Å². The first-order valence-corrected chi connectivity index (χ1v) is 5.52. The SMILES string of the molecule is C=C(CNC1CC1)COCCCC(F)(F)F. The molecule has 2 nitrogen and oxygen atoms in total. The van der Waals surface area contributed by atoms with E-state index >= 15 is 0 Å². The normalized spacial score (nSPS) is 16.4. The number of rotatable bonds is 8. The molecule has 0 heterocycles. The largest absolute Gasteiger partial charge is 0.389 e. The average molecular weight is 237 g/mol. The molecule has 1 rings (SSSR count). The molecule has 0 unspecified atom stereocenters. The molecule has 0 aliphatic heterocycles. The highest BCUT2D eigenvalue weighted by Gasteiger charge is 2.25. The Morgan fingerprint density at radius 3 is 2.62 bits per heavy atom. The number of nitrogens with one attached hydrogen (secondary N) is 1. The van der Waals surface area contributed by atoms with Gasteiger partial charge in [-0.15, -0.1) is 0 Å². The molecule has 0 spiro atoms. The molecule has 0 atom stereocenters. The molecule has 1 N–H and O–H groups in total. The zero-order chi connectivity index (χ0) is 12.0. The lowest BCUT2D eigenvalue weighted by molar-refractivity contribution is -0.137. The number of hydrogen-bond donors (Lipinski definition) is 1. The first-order chi connectivity index (χ1) is 7.47. The number of hydrogen-bond acceptors (Lipinski definition) is 2. The van der Waals surface area contributed by atoms with Crippen LogP contribution in [0.5, 0.6) is 0 Å². The van der Waals surface area contributed by atoms with E-state index in [0.717, 1.165) is 5.57 Å². The fraction of sp³-hybridized carbons (Fsp3) is 0.818. The molecular formula is C11H18F3NO. The number of ether oxygens (including phenoxy) is 1. The van der Waals surface area contributed by atoms with E-state index in [1.807, 2.05) is 0 Å². The molecule has 1 saturated carbocycles. The zero-order valence-electron chi connectivity index (χ0n) is 9.28. The molecule has 1 fully saturated rings. The van der Waals surface area contributed by atoms with Gasteiger partial charge in [-0.25, -0.2) is 0 Å². The van der Waals surface area contributed by atoms with Crippen LogP contribution in [-0.2, 0) is 4.74 Å². The topological polar surface area (TPSA) is 21.3 Å². The summed E-state index contributed by atoms with van der Waals surface area (Å²) < 4.78 is 40.4. The van der Waals surface area contributed by atoms with E-state index in [0.29, 0.717) is 19.2 Å². The summed E-state index contributed by atoms with van der Waals surface area (Å²) in [5.74, 6) is 0. The van der Waals surface area contributed by atoms with Crippen LogP contribution in [0.15, 0.2) is 12.2 Å². The monoisotopic (exact) mass is 237 g/mol. The first kappa shape index (κ1) is 13.5. The maximum atomic E-state index is 11.8. The lowest BCUT2D eigenvalue weighted by atomic mass is 10.3. The predicted molar refractivity (Wildman–Crippen MR) is 56.3 cm³/mol. The fourth-order valence-electron chi connectivity index (χ4n) is 1.22. The third-order valence-corrected chi connectivity index (χ3v) is 2.27. The van der Waals surface area contributed by atoms with Crippen molar-refractivity contribution in [3.8, 4) is 0 Å². The van der Waals surface area contributed by atoms with Crippen molar-refractivity contribution < 1.29 is 17.9 Å². The minimum atomic E-state index is -4.08. The molecule has 1 aliphatic rings. The summed E-state index contributed by atoms with van der Waals surface area (Å²) in [5, 5.41) is 3.26. The van der Waals surface area contributed by atoms with Crippen LogP contribution in [0.1, 0.15) is 25.7 Å². The second-order valence-corrected chi connectivity index (χ2v) is 4.18. The molecule has 0 amide bonds. The maximum absolute atomic E-state index is 11.8. The molecule has 0 bridgehead atoms. The van der Waals surface area contributed by atoms with Crippen molar-refractivity contribution in [3.63, 3.8) is 0 Å². The van der Waals surface area contributed by atoms with Crippen molar-refractivity contribution in [2.45, 2.75) is 37.9 Å². The van der Waals surface area contributed by atoms with Gasteiger partial charge in [0, 0.05) is 25.6 Å². The van der Waals surface area contributed by atoms with Crippen LogP contribution in [-0.4, -0.2) is 32.0 Å². The maximum Gasteiger partial charge on any atom is 0.389 e. The van der Waals surface area contributed by atoms with E-state index in [-0.39, 0.29) is 13.0 Å². The van der Waals surface area contributed by atoms with Gasteiger partial charge in [0.1, 0.15) is 0 Å². The van der Waals surface area contributed by atoms with Crippen LogP contribution in [0.4, 0.5) is 13.2 Å². The smallest absolute Gasteiger partial charge is 0.377 e. The van der Waals surface area contributed by atoms with E-state index in [4.69, 9.17) is 4.74 Å². The number of halogens is 3. The van der Waals surface area contributed by atoms with Crippen molar-refractivity contribution in [2.75, 3.05) is 19.8 Å². The van der Waals surface area contributed by atoms with E-state index in [1.54, 1.807) is 0 Å². The Kier molecular flexibility index (Phi) is 5.28.